The van der Waals surface area contributed by atoms with Crippen molar-refractivity contribution in [3.63, 3.8) is 0 Å². The fourth-order valence-electron chi connectivity index (χ4n) is 4.78. The molecule has 0 spiro atoms. The van der Waals surface area contributed by atoms with E-state index in [1.165, 1.54) is 24.6 Å². The summed E-state index contributed by atoms with van der Waals surface area (Å²) in [7, 11) is 0. The average molecular weight is 585 g/mol. The third-order valence-electron chi connectivity index (χ3n) is 6.86. The summed E-state index contributed by atoms with van der Waals surface area (Å²) in [5.41, 5.74) is 2.05. The highest BCUT2D eigenvalue weighted by Gasteiger charge is 2.27. The second kappa shape index (κ2) is 16.2. The van der Waals surface area contributed by atoms with Crippen LogP contribution in [0.1, 0.15) is 36.8 Å². The van der Waals surface area contributed by atoms with Gasteiger partial charge in [-0.2, -0.15) is 0 Å². The van der Waals surface area contributed by atoms with Crippen molar-refractivity contribution in [1.82, 2.24) is 10.6 Å². The summed E-state index contributed by atoms with van der Waals surface area (Å²) in [5.74, 6) is 1.76. The molecule has 2 atom stereocenters. The molecule has 1 fully saturated rings. The number of ether oxygens (including phenoxy) is 4. The third kappa shape index (κ3) is 9.92. The van der Waals surface area contributed by atoms with Crippen LogP contribution >= 0.6 is 11.6 Å². The quantitative estimate of drug-likeness (QED) is 0.228. The first-order chi connectivity index (χ1) is 20.0. The Balaban J connectivity index is 1.21. The maximum absolute atomic E-state index is 13.8. The first kappa shape index (κ1) is 30.6. The smallest absolute Gasteiger partial charge is 0.216 e. The zero-order valence-electron chi connectivity index (χ0n) is 23.4. The Morgan fingerprint density at radius 3 is 2.56 bits per heavy atom. The molecule has 220 valence electrons. The Morgan fingerprint density at radius 1 is 0.976 bits per heavy atom. The Bertz CT molecular complexity index is 1240. The highest BCUT2D eigenvalue weighted by molar-refractivity contribution is 6.32. The van der Waals surface area contributed by atoms with Crippen molar-refractivity contribution in [3.8, 4) is 17.2 Å². The summed E-state index contributed by atoms with van der Waals surface area (Å²) in [4.78, 5) is 11.2. The monoisotopic (exact) mass is 584 g/mol. The van der Waals surface area contributed by atoms with Crippen LogP contribution in [-0.4, -0.2) is 58.1 Å². The van der Waals surface area contributed by atoms with Gasteiger partial charge in [-0.3, -0.25) is 4.79 Å². The predicted octanol–water partition coefficient (Wildman–Crippen LogP) is 5.55. The number of amides is 1. The minimum atomic E-state index is -0.362. The van der Waals surface area contributed by atoms with Gasteiger partial charge in [0, 0.05) is 38.4 Å². The lowest BCUT2D eigenvalue weighted by molar-refractivity contribution is -0.118. The van der Waals surface area contributed by atoms with Crippen molar-refractivity contribution in [2.45, 2.75) is 38.2 Å². The molecule has 1 heterocycles. The van der Waals surface area contributed by atoms with Gasteiger partial charge in [0.2, 0.25) is 5.91 Å². The highest BCUT2D eigenvalue weighted by atomic mass is 35.5. The summed E-state index contributed by atoms with van der Waals surface area (Å²) < 4.78 is 37.6. The molecule has 1 aliphatic heterocycles. The minimum Gasteiger partial charge on any atom is -0.493 e. The van der Waals surface area contributed by atoms with Gasteiger partial charge in [-0.1, -0.05) is 41.9 Å². The molecule has 0 aliphatic carbocycles. The molecule has 4 rings (SSSR count). The highest BCUT2D eigenvalue weighted by Crippen LogP contribution is 2.29. The van der Waals surface area contributed by atoms with Crippen LogP contribution in [0.15, 0.2) is 66.7 Å². The summed E-state index contributed by atoms with van der Waals surface area (Å²) in [6.45, 7) is 5.35. The lowest BCUT2D eigenvalue weighted by atomic mass is 9.88. The first-order valence-corrected chi connectivity index (χ1v) is 14.5. The standard InChI is InChI=1S/C32H38ClFN2O5/c1-23(37)36-16-13-25-7-10-26(34)21-31(25)40-19-20-41-32-22-35-15-14-28(32)24-8-11-27(12-9-24)38-17-4-18-39-30-6-3-2-5-29(30)33/h2-3,5-12,21,28,32,35H,4,13-20,22H2,1H3,(H,36,37). The van der Waals surface area contributed by atoms with Gasteiger partial charge in [0.05, 0.1) is 30.9 Å². The molecule has 1 saturated heterocycles. The van der Waals surface area contributed by atoms with Crippen LogP contribution in [0.4, 0.5) is 4.39 Å². The number of benzene rings is 3. The lowest BCUT2D eigenvalue weighted by Gasteiger charge is -2.32. The van der Waals surface area contributed by atoms with Crippen molar-refractivity contribution in [2.75, 3.05) is 46.1 Å². The summed E-state index contributed by atoms with van der Waals surface area (Å²) in [6.07, 6.45) is 2.25. The zero-order valence-corrected chi connectivity index (χ0v) is 24.1. The number of para-hydroxylation sites is 1. The number of carbonyl (C=O) groups excluding carboxylic acids is 1. The molecule has 0 saturated carbocycles. The van der Waals surface area contributed by atoms with E-state index in [1.807, 2.05) is 36.4 Å². The fraction of sp³-hybridized carbons (Fsp3) is 0.406. The molecule has 2 unspecified atom stereocenters. The van der Waals surface area contributed by atoms with Crippen molar-refractivity contribution < 1.29 is 28.1 Å². The molecule has 1 aliphatic rings. The number of hydrogen-bond donors (Lipinski definition) is 2. The number of nitrogens with one attached hydrogen (secondary N) is 2. The third-order valence-corrected chi connectivity index (χ3v) is 7.17. The minimum absolute atomic E-state index is 0.00664. The number of rotatable bonds is 15. The molecular weight excluding hydrogens is 547 g/mol. The first-order valence-electron chi connectivity index (χ1n) is 14.1. The van der Waals surface area contributed by atoms with Gasteiger partial charge in [-0.25, -0.2) is 4.39 Å². The van der Waals surface area contributed by atoms with E-state index < -0.39 is 0 Å². The Labute approximate surface area is 246 Å². The fourth-order valence-corrected chi connectivity index (χ4v) is 4.97. The number of halogens is 2. The van der Waals surface area contributed by atoms with Crippen molar-refractivity contribution in [1.29, 1.82) is 0 Å². The van der Waals surface area contributed by atoms with Crippen molar-refractivity contribution >= 4 is 17.5 Å². The van der Waals surface area contributed by atoms with Gasteiger partial charge in [-0.05, 0) is 60.8 Å². The lowest BCUT2D eigenvalue weighted by Crippen LogP contribution is -2.41. The van der Waals surface area contributed by atoms with Crippen LogP contribution in [0.2, 0.25) is 5.02 Å². The molecule has 3 aromatic carbocycles. The molecule has 1 amide bonds. The summed E-state index contributed by atoms with van der Waals surface area (Å²) in [6, 6.07) is 20.1. The van der Waals surface area contributed by atoms with Crippen LogP contribution in [0, 0.1) is 5.82 Å². The SMILES string of the molecule is CC(=O)NCCc1ccc(F)cc1OCCOC1CNCCC1c1ccc(OCCCOc2ccccc2Cl)cc1. The number of carbonyl (C=O) groups is 1. The van der Waals surface area contributed by atoms with E-state index in [0.29, 0.717) is 55.9 Å². The summed E-state index contributed by atoms with van der Waals surface area (Å²) >= 11 is 6.12. The average Bonchev–Trinajstić information content (AvgIpc) is 2.97. The second-order valence-electron chi connectivity index (χ2n) is 9.89. The van der Waals surface area contributed by atoms with E-state index in [2.05, 4.69) is 22.8 Å². The van der Waals surface area contributed by atoms with E-state index in [4.69, 9.17) is 30.5 Å². The summed E-state index contributed by atoms with van der Waals surface area (Å²) in [5, 5.41) is 6.77. The van der Waals surface area contributed by atoms with Crippen LogP contribution in [0.3, 0.4) is 0 Å². The molecule has 0 bridgehead atoms. The van der Waals surface area contributed by atoms with Gasteiger partial charge < -0.3 is 29.6 Å². The maximum Gasteiger partial charge on any atom is 0.216 e. The van der Waals surface area contributed by atoms with Gasteiger partial charge in [0.15, 0.2) is 0 Å². The van der Waals surface area contributed by atoms with Gasteiger partial charge >= 0.3 is 0 Å². The molecule has 2 N–H and O–H groups in total. The number of hydrogen-bond acceptors (Lipinski definition) is 6. The molecule has 9 heteroatoms. The Hall–Kier alpha value is -3.33. The van der Waals surface area contributed by atoms with Gasteiger partial charge in [0.1, 0.15) is 29.7 Å². The molecular formula is C32H38ClFN2O5. The van der Waals surface area contributed by atoms with Crippen LogP contribution in [0.25, 0.3) is 0 Å². The molecule has 0 radical (unpaired) electrons. The molecule has 3 aromatic rings. The maximum atomic E-state index is 13.8. The predicted molar refractivity (Wildman–Crippen MR) is 158 cm³/mol. The van der Waals surface area contributed by atoms with Gasteiger partial charge in [-0.15, -0.1) is 0 Å². The normalized spacial score (nSPS) is 16.7. The topological polar surface area (TPSA) is 78.1 Å². The van der Waals surface area contributed by atoms with E-state index in [9.17, 15) is 9.18 Å². The van der Waals surface area contributed by atoms with E-state index in [0.717, 1.165) is 37.2 Å². The van der Waals surface area contributed by atoms with E-state index >= 15 is 0 Å². The van der Waals surface area contributed by atoms with Gasteiger partial charge in [0.25, 0.3) is 0 Å². The molecule has 0 aromatic heterocycles. The Morgan fingerprint density at radius 2 is 1.76 bits per heavy atom. The van der Waals surface area contributed by atoms with E-state index in [1.54, 1.807) is 6.07 Å². The second-order valence-corrected chi connectivity index (χ2v) is 10.3. The molecule has 41 heavy (non-hydrogen) atoms. The van der Waals surface area contributed by atoms with E-state index in [-0.39, 0.29) is 23.7 Å². The van der Waals surface area contributed by atoms with Crippen molar-refractivity contribution in [3.05, 3.63) is 88.7 Å². The van der Waals surface area contributed by atoms with Crippen LogP contribution in [-0.2, 0) is 16.0 Å². The van der Waals surface area contributed by atoms with Crippen LogP contribution in [0.5, 0.6) is 17.2 Å². The molecule has 7 nitrogen and oxygen atoms in total. The zero-order chi connectivity index (χ0) is 28.9. The van der Waals surface area contributed by atoms with Crippen molar-refractivity contribution in [2.24, 2.45) is 0 Å². The largest absolute Gasteiger partial charge is 0.493 e. The number of piperidine rings is 1. The Kier molecular flexibility index (Phi) is 12.1. The van der Waals surface area contributed by atoms with Crippen LogP contribution < -0.4 is 24.8 Å².